The molecule has 7 heteroatoms. The molecule has 4 nitrogen and oxygen atoms in total. The predicted molar refractivity (Wildman–Crippen MR) is 93.2 cm³/mol. The van der Waals surface area contributed by atoms with E-state index in [0.29, 0.717) is 30.6 Å². The van der Waals surface area contributed by atoms with Crippen LogP contribution in [0, 0.1) is 5.92 Å². The zero-order valence-corrected chi connectivity index (χ0v) is 15.3. The highest BCUT2D eigenvalue weighted by molar-refractivity contribution is 5.68. The number of carbonyl (C=O) groups excluding carboxylic acids is 1. The lowest BCUT2D eigenvalue weighted by Crippen LogP contribution is -2.49. The molecular weight excluding hydrogens is 345 g/mol. The molecule has 1 fully saturated rings. The first-order chi connectivity index (χ1) is 12.1. The van der Waals surface area contributed by atoms with Crippen LogP contribution in [0.4, 0.5) is 23.7 Å². The highest BCUT2D eigenvalue weighted by Crippen LogP contribution is 2.49. The van der Waals surface area contributed by atoms with E-state index in [9.17, 15) is 18.0 Å². The number of alkyl halides is 3. The Morgan fingerprint density at radius 1 is 1.23 bits per heavy atom. The van der Waals surface area contributed by atoms with Gasteiger partial charge in [-0.05, 0) is 51.2 Å². The van der Waals surface area contributed by atoms with Gasteiger partial charge in [0, 0.05) is 24.8 Å². The number of anilines is 1. The molecule has 144 valence electrons. The Bertz CT molecular complexity index is 669. The summed E-state index contributed by atoms with van der Waals surface area (Å²) >= 11 is 0. The predicted octanol–water partition coefficient (Wildman–Crippen LogP) is 4.77. The number of nitrogens with zero attached hydrogens (tertiary/aromatic N) is 1. The second-order valence-corrected chi connectivity index (χ2v) is 8.11. The summed E-state index contributed by atoms with van der Waals surface area (Å²) in [6, 6.07) is 5.82. The maximum Gasteiger partial charge on any atom is 0.410 e. The Labute approximate surface area is 151 Å². The van der Waals surface area contributed by atoms with Crippen molar-refractivity contribution in [1.82, 2.24) is 4.90 Å². The van der Waals surface area contributed by atoms with E-state index in [0.717, 1.165) is 0 Å². The van der Waals surface area contributed by atoms with Crippen LogP contribution in [0.1, 0.15) is 45.1 Å². The first-order valence-electron chi connectivity index (χ1n) is 8.96. The fourth-order valence-electron chi connectivity index (χ4n) is 3.92. The molecular formula is C19H25F3N2O2. The maximum absolute atomic E-state index is 13.8. The van der Waals surface area contributed by atoms with Crippen molar-refractivity contribution in [2.75, 3.05) is 18.4 Å². The number of ether oxygens (including phenoxy) is 1. The second-order valence-electron chi connectivity index (χ2n) is 8.11. The van der Waals surface area contributed by atoms with E-state index < -0.39 is 29.8 Å². The summed E-state index contributed by atoms with van der Waals surface area (Å²) < 4.78 is 46.7. The first-order valence-corrected chi connectivity index (χ1v) is 8.96. The Kier molecular flexibility index (Phi) is 4.84. The van der Waals surface area contributed by atoms with Crippen LogP contribution in [-0.4, -0.2) is 41.9 Å². The van der Waals surface area contributed by atoms with Crippen molar-refractivity contribution in [3.05, 3.63) is 29.8 Å². The summed E-state index contributed by atoms with van der Waals surface area (Å²) in [4.78, 5) is 13.9. The van der Waals surface area contributed by atoms with Crippen molar-refractivity contribution >= 4 is 11.8 Å². The minimum atomic E-state index is -4.33. The van der Waals surface area contributed by atoms with Gasteiger partial charge in [0.15, 0.2) is 0 Å². The number of likely N-dealkylation sites (tertiary alicyclic amines) is 1. The molecule has 1 aromatic rings. The average molecular weight is 370 g/mol. The Morgan fingerprint density at radius 2 is 1.92 bits per heavy atom. The van der Waals surface area contributed by atoms with Crippen LogP contribution < -0.4 is 5.32 Å². The van der Waals surface area contributed by atoms with Crippen LogP contribution in [0.3, 0.4) is 0 Å². The molecule has 0 aromatic heterocycles. The van der Waals surface area contributed by atoms with E-state index in [1.54, 1.807) is 39.0 Å². The van der Waals surface area contributed by atoms with Gasteiger partial charge in [-0.25, -0.2) is 4.79 Å². The normalized spacial score (nSPS) is 26.2. The number of hydrogen-bond acceptors (Lipinski definition) is 3. The van der Waals surface area contributed by atoms with Gasteiger partial charge < -0.3 is 15.0 Å². The molecule has 1 saturated heterocycles. The molecule has 1 aromatic carbocycles. The number of piperidine rings is 1. The first kappa shape index (κ1) is 18.9. The minimum absolute atomic E-state index is 0.271. The molecule has 2 heterocycles. The van der Waals surface area contributed by atoms with Crippen molar-refractivity contribution in [3.63, 3.8) is 0 Å². The standard InChI is InChI=1S/C19H25F3N2O2/c1-18(2,3)26-17(25)24-10-6-7-12(11-24)16-15(19(20,21)22)13-8-4-5-9-14(13)23-16/h4-5,8-9,12,15-16,23H,6-7,10-11H2,1-3H3. The SMILES string of the molecule is CC(C)(C)OC(=O)N1CCCC(C2Nc3ccccc3C2C(F)(F)F)C1. The number of carbonyl (C=O) groups is 1. The Balaban J connectivity index is 1.79. The van der Waals surface area contributed by atoms with Gasteiger partial charge in [-0.2, -0.15) is 13.2 Å². The van der Waals surface area contributed by atoms with Gasteiger partial charge in [0.05, 0.1) is 0 Å². The van der Waals surface area contributed by atoms with Crippen molar-refractivity contribution in [2.45, 2.75) is 57.3 Å². The molecule has 0 radical (unpaired) electrons. The Hall–Kier alpha value is -1.92. The molecule has 1 amide bonds. The van der Waals surface area contributed by atoms with E-state index in [2.05, 4.69) is 5.32 Å². The van der Waals surface area contributed by atoms with Gasteiger partial charge in [0.1, 0.15) is 11.5 Å². The number of para-hydroxylation sites is 1. The van der Waals surface area contributed by atoms with Gasteiger partial charge in [-0.15, -0.1) is 0 Å². The van der Waals surface area contributed by atoms with Crippen LogP contribution in [0.2, 0.25) is 0 Å². The number of fused-ring (bicyclic) bond motifs is 1. The zero-order valence-electron chi connectivity index (χ0n) is 15.3. The topological polar surface area (TPSA) is 41.6 Å². The number of amides is 1. The van der Waals surface area contributed by atoms with Crippen molar-refractivity contribution < 1.29 is 22.7 Å². The van der Waals surface area contributed by atoms with Gasteiger partial charge in [-0.3, -0.25) is 0 Å². The molecule has 0 bridgehead atoms. The van der Waals surface area contributed by atoms with Gasteiger partial charge in [-0.1, -0.05) is 18.2 Å². The monoisotopic (exact) mass is 370 g/mol. The van der Waals surface area contributed by atoms with E-state index in [1.165, 1.54) is 11.0 Å². The molecule has 0 saturated carbocycles. The summed E-state index contributed by atoms with van der Waals surface area (Å²) in [6.45, 7) is 6.12. The summed E-state index contributed by atoms with van der Waals surface area (Å²) in [5.41, 5.74) is 0.203. The lowest BCUT2D eigenvalue weighted by molar-refractivity contribution is -0.155. The number of halogens is 3. The van der Waals surface area contributed by atoms with Crippen LogP contribution >= 0.6 is 0 Å². The third kappa shape index (κ3) is 3.91. The Morgan fingerprint density at radius 3 is 2.58 bits per heavy atom. The lowest BCUT2D eigenvalue weighted by Gasteiger charge is -2.38. The van der Waals surface area contributed by atoms with Crippen LogP contribution in [0.15, 0.2) is 24.3 Å². The molecule has 3 atom stereocenters. The molecule has 0 aliphatic carbocycles. The van der Waals surface area contributed by atoms with Gasteiger partial charge >= 0.3 is 12.3 Å². The van der Waals surface area contributed by atoms with Crippen molar-refractivity contribution in [1.29, 1.82) is 0 Å². The largest absolute Gasteiger partial charge is 0.444 e. The quantitative estimate of drug-likeness (QED) is 0.774. The number of rotatable bonds is 1. The molecule has 0 spiro atoms. The van der Waals surface area contributed by atoms with E-state index in [4.69, 9.17) is 4.74 Å². The smallest absolute Gasteiger partial charge is 0.410 e. The molecule has 2 aliphatic heterocycles. The average Bonchev–Trinajstić information content (AvgIpc) is 2.93. The van der Waals surface area contributed by atoms with E-state index >= 15 is 0 Å². The number of nitrogens with one attached hydrogen (secondary N) is 1. The molecule has 3 unspecified atom stereocenters. The molecule has 26 heavy (non-hydrogen) atoms. The fraction of sp³-hybridized carbons (Fsp3) is 0.632. The summed E-state index contributed by atoms with van der Waals surface area (Å²) in [7, 11) is 0. The van der Waals surface area contributed by atoms with Crippen molar-refractivity contribution in [3.8, 4) is 0 Å². The highest BCUT2D eigenvalue weighted by Gasteiger charge is 2.52. The van der Waals surface area contributed by atoms with Crippen LogP contribution in [-0.2, 0) is 4.74 Å². The van der Waals surface area contributed by atoms with Crippen molar-refractivity contribution in [2.24, 2.45) is 5.92 Å². The molecule has 1 N–H and O–H groups in total. The fourth-order valence-corrected chi connectivity index (χ4v) is 3.92. The third-order valence-corrected chi connectivity index (χ3v) is 4.95. The van der Waals surface area contributed by atoms with Gasteiger partial charge in [0.25, 0.3) is 0 Å². The lowest BCUT2D eigenvalue weighted by atomic mass is 9.82. The number of benzene rings is 1. The minimum Gasteiger partial charge on any atom is -0.444 e. The number of hydrogen-bond donors (Lipinski definition) is 1. The maximum atomic E-state index is 13.8. The second kappa shape index (κ2) is 6.67. The summed E-state index contributed by atoms with van der Waals surface area (Å²) in [5.74, 6) is -1.84. The summed E-state index contributed by atoms with van der Waals surface area (Å²) in [5, 5.41) is 3.07. The molecule has 2 aliphatic rings. The van der Waals surface area contributed by atoms with Crippen LogP contribution in [0.5, 0.6) is 0 Å². The summed E-state index contributed by atoms with van der Waals surface area (Å²) in [6.07, 6.45) is -3.47. The van der Waals surface area contributed by atoms with Gasteiger partial charge in [0.2, 0.25) is 0 Å². The third-order valence-electron chi connectivity index (χ3n) is 4.95. The van der Waals surface area contributed by atoms with E-state index in [1.807, 2.05) is 0 Å². The van der Waals surface area contributed by atoms with E-state index in [-0.39, 0.29) is 12.5 Å². The molecule has 3 rings (SSSR count). The zero-order chi connectivity index (χ0) is 19.1. The highest BCUT2D eigenvalue weighted by atomic mass is 19.4. The van der Waals surface area contributed by atoms with Crippen LogP contribution in [0.25, 0.3) is 0 Å².